The van der Waals surface area contributed by atoms with Crippen molar-refractivity contribution in [3.63, 3.8) is 0 Å². The molecular weight excluding hydrogens is 520 g/mol. The standard InChI is InChI=1S/C27H38N6O5S/c1-4-32(5-2)22-9-8-19-10-18(6-7-20(19)12-22)11-23(14-28)39(36)31-15-21(29)16-33(30)17-25-27(35)24(34)13-26(37-3)38-25/h6-12,16,24-27,31,34-35H,4-5,13,15,17,29-30H2,1-3H3/b21-16-,23-11+/t24?,25?,26-,27-,39?/m0/s1. The van der Waals surface area contributed by atoms with Gasteiger partial charge in [0, 0.05) is 50.7 Å². The summed E-state index contributed by atoms with van der Waals surface area (Å²) >= 11 is 0. The van der Waals surface area contributed by atoms with Crippen molar-refractivity contribution in [2.45, 2.75) is 44.9 Å². The number of nitrogens with one attached hydrogen (secondary N) is 1. The number of aliphatic hydroxyl groups is 2. The number of ether oxygens (including phenoxy) is 2. The van der Waals surface area contributed by atoms with Gasteiger partial charge in [0.05, 0.1) is 12.6 Å². The minimum absolute atomic E-state index is 0.0113. The highest BCUT2D eigenvalue weighted by molar-refractivity contribution is 7.87. The van der Waals surface area contributed by atoms with Crippen LogP contribution in [0.1, 0.15) is 25.8 Å². The van der Waals surface area contributed by atoms with E-state index < -0.39 is 35.6 Å². The third-order valence-corrected chi connectivity index (χ3v) is 7.53. The van der Waals surface area contributed by atoms with Crippen LogP contribution in [0.3, 0.4) is 0 Å². The minimum Gasteiger partial charge on any atom is -0.400 e. The van der Waals surface area contributed by atoms with Crippen LogP contribution in [0.15, 0.2) is 53.2 Å². The van der Waals surface area contributed by atoms with Crippen molar-refractivity contribution < 1.29 is 23.9 Å². The smallest absolute Gasteiger partial charge is 0.160 e. The topological polar surface area (TPSA) is 170 Å². The first-order chi connectivity index (χ1) is 18.7. The fourth-order valence-electron chi connectivity index (χ4n) is 4.37. The van der Waals surface area contributed by atoms with Crippen molar-refractivity contribution in [1.29, 1.82) is 5.26 Å². The van der Waals surface area contributed by atoms with Crippen LogP contribution < -0.4 is 21.2 Å². The number of hydrogen-bond donors (Lipinski definition) is 5. The van der Waals surface area contributed by atoms with Crippen LogP contribution in [0.2, 0.25) is 0 Å². The summed E-state index contributed by atoms with van der Waals surface area (Å²) in [6.45, 7) is 6.11. The van der Waals surface area contributed by atoms with Gasteiger partial charge in [-0.1, -0.05) is 18.2 Å². The Morgan fingerprint density at radius 2 is 1.95 bits per heavy atom. The number of hydrogen-bond acceptors (Lipinski definition) is 10. The third kappa shape index (κ3) is 8.23. The van der Waals surface area contributed by atoms with Crippen LogP contribution in [0, 0.1) is 11.3 Å². The SMILES string of the molecule is CCN(CC)c1ccc2cc(/C=C(\C#N)S(=O)NC/C(N)=C/N(N)CC3O[C@H](OC)CC(O)[C@@H]3O)ccc2c1. The van der Waals surface area contributed by atoms with Crippen molar-refractivity contribution in [3.05, 3.63) is 58.8 Å². The Hall–Kier alpha value is -3.02. The lowest BCUT2D eigenvalue weighted by Crippen LogP contribution is -2.53. The Balaban J connectivity index is 1.61. The van der Waals surface area contributed by atoms with E-state index >= 15 is 0 Å². The van der Waals surface area contributed by atoms with Crippen molar-refractivity contribution >= 4 is 33.5 Å². The summed E-state index contributed by atoms with van der Waals surface area (Å²) in [6.07, 6.45) is -0.464. The number of nitriles is 1. The number of nitrogens with two attached hydrogens (primary N) is 2. The van der Waals surface area contributed by atoms with Crippen LogP contribution in [0.5, 0.6) is 0 Å². The fourth-order valence-corrected chi connectivity index (χ4v) is 5.15. The van der Waals surface area contributed by atoms with Gasteiger partial charge in [-0.05, 0) is 54.5 Å². The molecule has 11 nitrogen and oxygen atoms in total. The lowest BCUT2D eigenvalue weighted by Gasteiger charge is -2.37. The Bertz CT molecular complexity index is 1240. The molecule has 0 saturated carbocycles. The highest BCUT2D eigenvalue weighted by Crippen LogP contribution is 2.24. The number of methoxy groups -OCH3 is 1. The quantitative estimate of drug-likeness (QED) is 0.145. The van der Waals surface area contributed by atoms with E-state index in [0.717, 1.165) is 35.1 Å². The van der Waals surface area contributed by atoms with Gasteiger partial charge in [0.25, 0.3) is 0 Å². The second kappa shape index (κ2) is 14.4. The maximum absolute atomic E-state index is 12.8. The molecule has 12 heteroatoms. The zero-order chi connectivity index (χ0) is 28.5. The Morgan fingerprint density at radius 3 is 2.62 bits per heavy atom. The molecule has 7 N–H and O–H groups in total. The molecule has 2 aromatic carbocycles. The average molecular weight is 559 g/mol. The maximum Gasteiger partial charge on any atom is 0.160 e. The fraction of sp³-hybridized carbons (Fsp3) is 0.444. The van der Waals surface area contributed by atoms with Gasteiger partial charge in [0.15, 0.2) is 6.29 Å². The van der Waals surface area contributed by atoms with E-state index in [1.807, 2.05) is 30.3 Å². The normalized spacial score (nSPS) is 22.9. The predicted molar refractivity (Wildman–Crippen MR) is 153 cm³/mol. The van der Waals surface area contributed by atoms with Crippen molar-refractivity contribution in [3.8, 4) is 6.07 Å². The monoisotopic (exact) mass is 558 g/mol. The second-order valence-corrected chi connectivity index (χ2v) is 10.5. The molecule has 3 rings (SSSR count). The summed E-state index contributed by atoms with van der Waals surface area (Å²) in [5.41, 5.74) is 8.16. The number of rotatable bonds is 12. The van der Waals surface area contributed by atoms with Crippen molar-refractivity contribution in [2.24, 2.45) is 11.6 Å². The molecule has 0 aliphatic carbocycles. The molecule has 2 aromatic rings. The molecule has 212 valence electrons. The van der Waals surface area contributed by atoms with Gasteiger partial charge in [-0.25, -0.2) is 14.8 Å². The molecule has 0 amide bonds. The molecule has 0 aromatic heterocycles. The predicted octanol–water partition coefficient (Wildman–Crippen LogP) is 1.26. The van der Waals surface area contributed by atoms with Crippen LogP contribution >= 0.6 is 0 Å². The summed E-state index contributed by atoms with van der Waals surface area (Å²) in [5.74, 6) is 5.97. The van der Waals surface area contributed by atoms with E-state index in [9.17, 15) is 19.7 Å². The van der Waals surface area contributed by atoms with E-state index in [2.05, 4.69) is 35.6 Å². The van der Waals surface area contributed by atoms with Gasteiger partial charge >= 0.3 is 0 Å². The number of benzene rings is 2. The van der Waals surface area contributed by atoms with Gasteiger partial charge in [0.1, 0.15) is 34.2 Å². The first-order valence-electron chi connectivity index (χ1n) is 12.8. The molecule has 0 spiro atoms. The van der Waals surface area contributed by atoms with E-state index in [4.69, 9.17) is 21.1 Å². The van der Waals surface area contributed by atoms with E-state index in [1.165, 1.54) is 18.3 Å². The van der Waals surface area contributed by atoms with Gasteiger partial charge in [-0.3, -0.25) is 0 Å². The average Bonchev–Trinajstić information content (AvgIpc) is 2.93. The number of anilines is 1. The van der Waals surface area contributed by atoms with E-state index in [1.54, 1.807) is 6.08 Å². The van der Waals surface area contributed by atoms with Gasteiger partial charge in [-0.2, -0.15) is 5.26 Å². The number of aliphatic hydroxyl groups excluding tert-OH is 2. The van der Waals surface area contributed by atoms with Crippen LogP contribution in [-0.4, -0.2) is 77.3 Å². The molecule has 1 saturated heterocycles. The Labute approximate surface area is 231 Å². The zero-order valence-electron chi connectivity index (χ0n) is 22.5. The lowest BCUT2D eigenvalue weighted by molar-refractivity contribution is -0.244. The number of fused-ring (bicyclic) bond motifs is 1. The number of allylic oxidation sites excluding steroid dienone is 1. The molecule has 1 aliphatic heterocycles. The third-order valence-electron chi connectivity index (χ3n) is 6.51. The van der Waals surface area contributed by atoms with Gasteiger partial charge in [-0.15, -0.1) is 0 Å². The van der Waals surface area contributed by atoms with E-state index in [-0.39, 0.29) is 30.1 Å². The van der Waals surface area contributed by atoms with Gasteiger partial charge in [0.2, 0.25) is 0 Å². The first kappa shape index (κ1) is 30.5. The highest BCUT2D eigenvalue weighted by atomic mass is 32.2. The number of hydrazine groups is 1. The number of nitrogens with zero attached hydrogens (tertiary/aromatic N) is 3. The highest BCUT2D eigenvalue weighted by Gasteiger charge is 2.37. The summed E-state index contributed by atoms with van der Waals surface area (Å²) < 4.78 is 26.2. The maximum atomic E-state index is 12.8. The Kier molecular flexibility index (Phi) is 11.3. The molecule has 0 radical (unpaired) electrons. The largest absolute Gasteiger partial charge is 0.400 e. The van der Waals surface area contributed by atoms with Crippen LogP contribution in [-0.2, 0) is 20.5 Å². The van der Waals surface area contributed by atoms with Crippen molar-refractivity contribution in [1.82, 2.24) is 9.73 Å². The van der Waals surface area contributed by atoms with E-state index in [0.29, 0.717) is 0 Å². The minimum atomic E-state index is -1.81. The first-order valence-corrected chi connectivity index (χ1v) is 13.9. The molecule has 5 atom stereocenters. The molecule has 1 heterocycles. The summed E-state index contributed by atoms with van der Waals surface area (Å²) in [5, 5.41) is 33.1. The summed E-state index contributed by atoms with van der Waals surface area (Å²) in [4.78, 5) is 2.32. The molecule has 3 unspecified atom stereocenters. The molecule has 1 fully saturated rings. The molecular formula is C27H38N6O5S. The van der Waals surface area contributed by atoms with Crippen LogP contribution in [0.4, 0.5) is 5.69 Å². The molecule has 1 aliphatic rings. The molecule has 39 heavy (non-hydrogen) atoms. The second-order valence-electron chi connectivity index (χ2n) is 9.21. The van der Waals surface area contributed by atoms with Crippen molar-refractivity contribution in [2.75, 3.05) is 38.2 Å². The lowest BCUT2D eigenvalue weighted by atomic mass is 10.0. The van der Waals surface area contributed by atoms with Gasteiger partial charge < -0.3 is 35.3 Å². The van der Waals surface area contributed by atoms with Crippen LogP contribution in [0.25, 0.3) is 16.8 Å². The summed E-state index contributed by atoms with van der Waals surface area (Å²) in [6, 6.07) is 14.1. The Morgan fingerprint density at radius 1 is 1.26 bits per heavy atom. The summed E-state index contributed by atoms with van der Waals surface area (Å²) in [7, 11) is -0.366. The zero-order valence-corrected chi connectivity index (χ0v) is 23.3. The molecule has 0 bridgehead atoms.